The highest BCUT2D eigenvalue weighted by Gasteiger charge is 2.37. The smallest absolute Gasteiger partial charge is 0.259 e. The van der Waals surface area contributed by atoms with Gasteiger partial charge in [0.2, 0.25) is 0 Å². The van der Waals surface area contributed by atoms with Crippen molar-refractivity contribution >= 4 is 86.9 Å². The van der Waals surface area contributed by atoms with Crippen molar-refractivity contribution in [2.75, 3.05) is 26.4 Å². The number of nitrogens with zero attached hydrogens (tertiary/aromatic N) is 6. The Hall–Kier alpha value is -11.4. The monoisotopic (exact) mass is 1680 g/mol. The molecule has 0 radical (unpaired) electrons. The minimum absolute atomic E-state index is 0.0548. The third-order valence-corrected chi connectivity index (χ3v) is 25.2. The van der Waals surface area contributed by atoms with Crippen molar-refractivity contribution in [1.82, 2.24) is 25.9 Å². The Bertz CT molecular complexity index is 5600. The third-order valence-electron chi connectivity index (χ3n) is 20.6. The number of nitrogens with one attached hydrogen (secondary N) is 3. The van der Waals surface area contributed by atoms with Crippen molar-refractivity contribution in [2.45, 2.75) is 160 Å². The molecule has 8 aromatic rings. The lowest BCUT2D eigenvalue weighted by atomic mass is 9.77. The molecule has 0 spiro atoms. The van der Waals surface area contributed by atoms with Crippen molar-refractivity contribution in [1.29, 1.82) is 0 Å². The van der Waals surface area contributed by atoms with Gasteiger partial charge in [0.25, 0.3) is 57.8 Å². The molecule has 11 N–H and O–H groups in total. The number of rotatable bonds is 28. The van der Waals surface area contributed by atoms with E-state index in [1.165, 1.54) is 0 Å². The van der Waals surface area contributed by atoms with Gasteiger partial charge in [0.05, 0.1) is 68.5 Å². The number of benzene rings is 6. The van der Waals surface area contributed by atoms with E-state index >= 15 is 0 Å². The maximum absolute atomic E-state index is 12.9. The summed E-state index contributed by atoms with van der Waals surface area (Å²) < 4.78 is 133. The zero-order valence-electron chi connectivity index (χ0n) is 67.1. The van der Waals surface area contributed by atoms with E-state index in [4.69, 9.17) is 41.9 Å². The molecule has 117 heavy (non-hydrogen) atoms. The largest absolute Gasteiger partial charge is 0.492 e. The predicted molar refractivity (Wildman–Crippen MR) is 452 cm³/mol. The molecule has 0 unspecified atom stereocenters. The van der Waals surface area contributed by atoms with Crippen molar-refractivity contribution in [3.63, 3.8) is 0 Å². The lowest BCUT2D eigenvalue weighted by Crippen LogP contribution is -2.52. The molecule has 12 rings (SSSR count). The van der Waals surface area contributed by atoms with Gasteiger partial charge in [-0.1, -0.05) is 146 Å². The van der Waals surface area contributed by atoms with Crippen molar-refractivity contribution < 1.29 is 71.8 Å². The van der Waals surface area contributed by atoms with Crippen LogP contribution >= 0.6 is 0 Å². The summed E-state index contributed by atoms with van der Waals surface area (Å²) in [6.45, 7) is 20.4. The number of carbonyl (C=O) groups excluding carboxylic acids is 4. The average molecular weight is 1680 g/mol. The molecule has 0 aliphatic carbocycles. The third kappa shape index (κ3) is 23.5. The molecule has 0 atom stereocenters. The minimum Gasteiger partial charge on any atom is -0.492 e. The van der Waals surface area contributed by atoms with Gasteiger partial charge in [0, 0.05) is 57.9 Å². The maximum Gasteiger partial charge on any atom is 0.259 e. The van der Waals surface area contributed by atoms with E-state index in [1.54, 1.807) is 134 Å². The van der Waals surface area contributed by atoms with Crippen molar-refractivity contribution in [3.8, 4) is 23.0 Å². The van der Waals surface area contributed by atoms with Gasteiger partial charge in [0.15, 0.2) is 5.78 Å². The fourth-order valence-electron chi connectivity index (χ4n) is 13.3. The van der Waals surface area contributed by atoms with Gasteiger partial charge >= 0.3 is 0 Å². The molecule has 0 saturated carbocycles. The molecular weight excluding hydrogens is 1580 g/mol. The van der Waals surface area contributed by atoms with Crippen LogP contribution in [-0.2, 0) is 69.5 Å². The highest BCUT2D eigenvalue weighted by atomic mass is 32.2. The summed E-state index contributed by atoms with van der Waals surface area (Å²) >= 11 is 0. The first-order valence-corrected chi connectivity index (χ1v) is 44.6. The molecule has 6 aromatic carbocycles. The van der Waals surface area contributed by atoms with Crippen LogP contribution in [0.2, 0.25) is 0 Å². The Labute approximate surface area is 684 Å². The summed E-state index contributed by atoms with van der Waals surface area (Å²) in [5, 5.41) is 9.15. The van der Waals surface area contributed by atoms with E-state index in [9.17, 15) is 52.8 Å². The Morgan fingerprint density at radius 3 is 1.07 bits per heavy atom. The van der Waals surface area contributed by atoms with Gasteiger partial charge in [-0.2, -0.15) is 0 Å². The Morgan fingerprint density at radius 1 is 0.385 bits per heavy atom. The molecule has 0 bridgehead atoms. The fraction of sp³-hybridized carbons (Fsp3) is 0.357. The predicted octanol–water partition coefficient (Wildman–Crippen LogP) is 10.4. The number of amides is 3. The second kappa shape index (κ2) is 38.1. The molecule has 29 nitrogen and oxygen atoms in total. The van der Waals surface area contributed by atoms with Crippen LogP contribution in [0.15, 0.2) is 188 Å². The first-order valence-electron chi connectivity index (χ1n) is 38.2. The van der Waals surface area contributed by atoms with Gasteiger partial charge < -0.3 is 57.8 Å². The highest BCUT2D eigenvalue weighted by molar-refractivity contribution is 7.90. The molecule has 4 aliphatic rings. The second-order valence-corrected chi connectivity index (χ2v) is 36.0. The number of amidine groups is 4. The number of hydrogen-bond acceptors (Lipinski definition) is 22. The number of fused-ring (bicyclic) bond motifs is 4. The van der Waals surface area contributed by atoms with Gasteiger partial charge in [-0.15, -0.1) is 17.6 Å². The van der Waals surface area contributed by atoms with E-state index in [0.717, 1.165) is 30.7 Å². The van der Waals surface area contributed by atoms with E-state index < -0.39 is 56.7 Å². The van der Waals surface area contributed by atoms with Crippen LogP contribution in [0.25, 0.3) is 0 Å². The molecule has 0 saturated heterocycles. The maximum atomic E-state index is 12.9. The minimum atomic E-state index is -3.62. The second-order valence-electron chi connectivity index (χ2n) is 29.5. The molecule has 2 aromatic heterocycles. The summed E-state index contributed by atoms with van der Waals surface area (Å²) in [7, 11) is -14.4. The molecule has 33 heteroatoms. The van der Waals surface area contributed by atoms with Crippen LogP contribution in [0, 0.1) is 12.3 Å². The van der Waals surface area contributed by atoms with E-state index in [-0.39, 0.29) is 95.1 Å². The van der Waals surface area contributed by atoms with Crippen LogP contribution in [0.3, 0.4) is 0 Å². The topological polar surface area (TPSA) is 457 Å². The van der Waals surface area contributed by atoms with Crippen LogP contribution in [-0.4, -0.2) is 134 Å². The lowest BCUT2D eigenvalue weighted by Gasteiger charge is -2.33. The number of aryl methyl sites for hydroxylation is 2. The lowest BCUT2D eigenvalue weighted by molar-refractivity contribution is 0.0788. The molecule has 6 heterocycles. The number of hydrogen-bond donors (Lipinski definition) is 7. The number of ketones is 1. The number of sulfonamides is 4. The number of ether oxygens (including phenoxy) is 4. The molecule has 4 aliphatic heterocycles. The molecular formula is C84H101N13O16S4. The van der Waals surface area contributed by atoms with Crippen LogP contribution < -0.4 is 57.8 Å². The zero-order chi connectivity index (χ0) is 85.3. The zero-order valence-corrected chi connectivity index (χ0v) is 70.4. The van der Waals surface area contributed by atoms with E-state index in [2.05, 4.69) is 43.5 Å². The number of Topliss-reactive ketones (excluding diaryl/α,β-unsaturated/α-hetero) is 1. The summed E-state index contributed by atoms with van der Waals surface area (Å²) in [4.78, 5) is 59.2. The Kier molecular flexibility index (Phi) is 29.2. The molecule has 622 valence electrons. The average Bonchev–Trinajstić information content (AvgIpc) is 0.791. The first kappa shape index (κ1) is 89.5. The summed E-state index contributed by atoms with van der Waals surface area (Å²) in [5.41, 5.74) is 29.6. The standard InChI is InChI=1S/C22H28N4O4S.C22H26N2O4S.C21H26N4O4S.C19H21N3O4S/c1-4-17-12-15(10-11-24-17)21(27)25-22(5-2,6-3)14-30-18-9-7-8-16-13-31(28,29)26-20(23)19(16)18;1-3-22(4-2,13-18(25)16-9-6-5-7-10-16)15-28-19-12-8-11-17-14-29(26,27)24-21(23)20(17)19;1-4-21(5-2,24-20(26)15-9-10-23-14(3)11-15)13-29-17-8-6-7-16-12-30(27,28)25-19(22)18(16)17;1-19(2,21-18(23)13-7-4-3-5-8-13)12-26-15-10-6-9-14-11-27(24,25)22-17(20)16(14)15/h7-12H,4-6,13-14H2,1-3H3,(H2,23,26)(H,25,27);5-12H,3-4,13-15H2,1-2H3,(H2,23,24);6-11H,4-5,12-13H2,1-3H3,(H2,22,25)(H,24,26);3-10H,11-12H2,1-2H3,(H2,20,22)(H,21,23). The fourth-order valence-corrected chi connectivity index (χ4v) is 17.7. The van der Waals surface area contributed by atoms with Crippen molar-refractivity contribution in [3.05, 3.63) is 248 Å². The summed E-state index contributed by atoms with van der Waals surface area (Å²) in [6, 6.07) is 45.6. The Balaban J connectivity index is 0.000000178. The molecule has 3 amide bonds. The van der Waals surface area contributed by atoms with E-state index in [1.807, 2.05) is 106 Å². The quantitative estimate of drug-likeness (QED) is 0.0224. The highest BCUT2D eigenvalue weighted by Crippen LogP contribution is 2.37. The number of pyridine rings is 2. The van der Waals surface area contributed by atoms with Crippen LogP contribution in [0.4, 0.5) is 0 Å². The molecule has 0 fully saturated rings. The number of carbonyl (C=O) groups is 4. The summed E-state index contributed by atoms with van der Waals surface area (Å²) in [6.07, 6.45) is 8.49. The van der Waals surface area contributed by atoms with Crippen LogP contribution in [0.1, 0.15) is 205 Å². The van der Waals surface area contributed by atoms with Gasteiger partial charge in [-0.3, -0.25) is 29.1 Å². The SMILES string of the molecule is CC(C)(COc1cccc2c1C(N)=NS(=O)(=O)C2)NC(=O)c1ccccc1.CCC(CC)(COc1cccc2c1C(N)=NS(=O)(=O)C2)CC(=O)c1ccccc1.CCC(CC)(COc1cccc2c1C(N)=NS(=O)(=O)C2)NC(=O)c1ccnc(C)c1.CCc1cc(C(=O)NC(CC)(CC)COc2cccc3c2C(N)=NS(=O)(=O)C3)ccn1. The van der Waals surface area contributed by atoms with Gasteiger partial charge in [-0.05, 0) is 149 Å². The first-order chi connectivity index (χ1) is 55.4. The van der Waals surface area contributed by atoms with Gasteiger partial charge in [-0.25, -0.2) is 33.7 Å². The normalized spacial score (nSPS) is 15.2. The number of nitrogens with two attached hydrogens (primary N) is 4. The van der Waals surface area contributed by atoms with Gasteiger partial charge in [0.1, 0.15) is 66.2 Å². The van der Waals surface area contributed by atoms with Crippen molar-refractivity contribution in [2.24, 2.45) is 45.9 Å². The number of aromatic nitrogens is 2. The van der Waals surface area contributed by atoms with Crippen LogP contribution in [0.5, 0.6) is 23.0 Å². The summed E-state index contributed by atoms with van der Waals surface area (Å²) in [5.74, 6) is 0.180. The Morgan fingerprint density at radius 2 is 0.718 bits per heavy atom. The van der Waals surface area contributed by atoms with E-state index in [0.29, 0.717) is 128 Å².